The number of halogens is 1. The lowest BCUT2D eigenvalue weighted by Crippen LogP contribution is -2.39. The number of aromatic nitrogens is 1. The van der Waals surface area contributed by atoms with Crippen molar-refractivity contribution >= 4 is 54.8 Å². The third kappa shape index (κ3) is 5.85. The molecule has 0 radical (unpaired) electrons. The van der Waals surface area contributed by atoms with E-state index >= 15 is 0 Å². The Morgan fingerprint density at radius 1 is 1.12 bits per heavy atom. The fourth-order valence-corrected chi connectivity index (χ4v) is 5.16. The second-order valence-electron chi connectivity index (χ2n) is 7.53. The van der Waals surface area contributed by atoms with Crippen molar-refractivity contribution in [1.82, 2.24) is 9.88 Å². The van der Waals surface area contributed by atoms with E-state index < -0.39 is 9.84 Å². The zero-order valence-electron chi connectivity index (χ0n) is 17.8. The first kappa shape index (κ1) is 24.6. The highest BCUT2D eigenvalue weighted by Crippen LogP contribution is 2.30. The summed E-state index contributed by atoms with van der Waals surface area (Å²) in [6, 6.07) is 13.9. The first-order chi connectivity index (χ1) is 14.9. The van der Waals surface area contributed by atoms with Crippen LogP contribution in [0.4, 0.5) is 5.13 Å². The van der Waals surface area contributed by atoms with E-state index in [-0.39, 0.29) is 23.2 Å². The van der Waals surface area contributed by atoms with Gasteiger partial charge in [0, 0.05) is 38.0 Å². The molecule has 2 heterocycles. The van der Waals surface area contributed by atoms with Crippen LogP contribution in [-0.4, -0.2) is 69.9 Å². The quantitative estimate of drug-likeness (QED) is 0.499. The Balaban J connectivity index is 0.00000289. The fraction of sp³-hybridized carbons (Fsp3) is 0.364. The maximum absolute atomic E-state index is 13.4. The number of carbonyl (C=O) groups is 1. The van der Waals surface area contributed by atoms with Crippen molar-refractivity contribution in [3.63, 3.8) is 0 Å². The van der Waals surface area contributed by atoms with Crippen LogP contribution >= 0.6 is 23.7 Å². The van der Waals surface area contributed by atoms with Gasteiger partial charge in [0.05, 0.1) is 28.3 Å². The number of sulfone groups is 1. The molecule has 2 aromatic carbocycles. The SMILES string of the molecule is CS(=O)(=O)c1ccc(C(=O)N(CCCN2CCOCC2)c2nc3ccccc3s2)cc1.Cl. The molecule has 172 valence electrons. The standard InChI is InChI=1S/C22H25N3O4S2.ClH/c1-31(27,28)18-9-7-17(8-10-18)21(26)25(12-4-11-24-13-15-29-16-14-24)22-23-19-5-2-3-6-20(19)30-22;/h2-3,5-10H,4,11-16H2,1H3;1H. The van der Waals surface area contributed by atoms with Gasteiger partial charge in [-0.15, -0.1) is 12.4 Å². The Morgan fingerprint density at radius 2 is 1.81 bits per heavy atom. The summed E-state index contributed by atoms with van der Waals surface area (Å²) in [5, 5.41) is 0.653. The number of nitrogens with zero attached hydrogens (tertiary/aromatic N) is 3. The van der Waals surface area contributed by atoms with Gasteiger partial charge in [-0.05, 0) is 42.8 Å². The molecule has 1 fully saturated rings. The molecule has 3 aromatic rings. The summed E-state index contributed by atoms with van der Waals surface area (Å²) in [5.74, 6) is -0.180. The van der Waals surface area contributed by atoms with Gasteiger partial charge >= 0.3 is 0 Å². The van der Waals surface area contributed by atoms with Crippen molar-refractivity contribution in [2.75, 3.05) is 50.5 Å². The number of thiazole rings is 1. The summed E-state index contributed by atoms with van der Waals surface area (Å²) >= 11 is 1.49. The summed E-state index contributed by atoms with van der Waals surface area (Å²) in [5.41, 5.74) is 1.30. The first-order valence-electron chi connectivity index (χ1n) is 10.2. The Labute approximate surface area is 198 Å². The Morgan fingerprint density at radius 3 is 2.47 bits per heavy atom. The molecule has 1 aliphatic rings. The van der Waals surface area contributed by atoms with Gasteiger partial charge in [0.2, 0.25) is 0 Å². The minimum Gasteiger partial charge on any atom is -0.379 e. The number of morpholine rings is 1. The van der Waals surface area contributed by atoms with Crippen molar-refractivity contribution < 1.29 is 17.9 Å². The Hall–Kier alpha value is -2.04. The lowest BCUT2D eigenvalue weighted by molar-refractivity contribution is 0.0376. The molecule has 0 aliphatic carbocycles. The third-order valence-electron chi connectivity index (χ3n) is 5.25. The van der Waals surface area contributed by atoms with Gasteiger partial charge in [0.25, 0.3) is 5.91 Å². The van der Waals surface area contributed by atoms with Gasteiger partial charge in [0.15, 0.2) is 15.0 Å². The lowest BCUT2D eigenvalue weighted by atomic mass is 10.2. The smallest absolute Gasteiger partial charge is 0.260 e. The first-order valence-corrected chi connectivity index (χ1v) is 12.9. The summed E-state index contributed by atoms with van der Waals surface area (Å²) in [6.07, 6.45) is 1.96. The molecule has 0 spiro atoms. The largest absolute Gasteiger partial charge is 0.379 e. The summed E-state index contributed by atoms with van der Waals surface area (Å²) in [7, 11) is -3.31. The van der Waals surface area contributed by atoms with Crippen LogP contribution in [0.25, 0.3) is 10.2 Å². The maximum atomic E-state index is 13.4. The molecule has 10 heteroatoms. The highest BCUT2D eigenvalue weighted by atomic mass is 35.5. The number of fused-ring (bicyclic) bond motifs is 1. The predicted molar refractivity (Wildman–Crippen MR) is 130 cm³/mol. The van der Waals surface area contributed by atoms with Crippen molar-refractivity contribution in [2.45, 2.75) is 11.3 Å². The van der Waals surface area contributed by atoms with Gasteiger partial charge in [-0.1, -0.05) is 23.5 Å². The summed E-state index contributed by atoms with van der Waals surface area (Å²) in [6.45, 7) is 4.71. The van der Waals surface area contributed by atoms with Crippen molar-refractivity contribution in [3.8, 4) is 0 Å². The highest BCUT2D eigenvalue weighted by Gasteiger charge is 2.22. The van der Waals surface area contributed by atoms with Crippen molar-refractivity contribution in [1.29, 1.82) is 0 Å². The number of hydrogen-bond acceptors (Lipinski definition) is 7. The van der Waals surface area contributed by atoms with Gasteiger partial charge in [-0.25, -0.2) is 13.4 Å². The number of benzene rings is 2. The van der Waals surface area contributed by atoms with E-state index in [0.717, 1.165) is 55.7 Å². The van der Waals surface area contributed by atoms with E-state index in [4.69, 9.17) is 4.74 Å². The minimum absolute atomic E-state index is 0. The molecule has 1 amide bonds. The molecule has 32 heavy (non-hydrogen) atoms. The molecule has 0 unspecified atom stereocenters. The van der Waals surface area contributed by atoms with E-state index in [1.165, 1.54) is 23.5 Å². The van der Waals surface area contributed by atoms with E-state index in [9.17, 15) is 13.2 Å². The minimum atomic E-state index is -3.31. The summed E-state index contributed by atoms with van der Waals surface area (Å²) < 4.78 is 29.9. The molecule has 0 atom stereocenters. The van der Waals surface area contributed by atoms with Crippen LogP contribution in [0.2, 0.25) is 0 Å². The van der Waals surface area contributed by atoms with Crippen LogP contribution in [0.1, 0.15) is 16.8 Å². The van der Waals surface area contributed by atoms with Crippen LogP contribution in [0.15, 0.2) is 53.4 Å². The van der Waals surface area contributed by atoms with E-state index in [0.29, 0.717) is 17.2 Å². The number of carbonyl (C=O) groups excluding carboxylic acids is 1. The molecule has 4 rings (SSSR count). The molecular formula is C22H26ClN3O4S2. The number of amides is 1. The van der Waals surface area contributed by atoms with Crippen LogP contribution in [0.5, 0.6) is 0 Å². The summed E-state index contributed by atoms with van der Waals surface area (Å²) in [4.78, 5) is 22.3. The number of hydrogen-bond donors (Lipinski definition) is 0. The van der Waals surface area contributed by atoms with Crippen LogP contribution < -0.4 is 4.90 Å². The zero-order valence-corrected chi connectivity index (χ0v) is 20.2. The number of anilines is 1. The Bertz CT molecular complexity index is 1130. The average molecular weight is 496 g/mol. The van der Waals surface area contributed by atoms with E-state index in [1.807, 2.05) is 24.3 Å². The zero-order chi connectivity index (χ0) is 21.8. The van der Waals surface area contributed by atoms with Crippen molar-refractivity contribution in [2.24, 2.45) is 0 Å². The molecule has 0 N–H and O–H groups in total. The van der Waals surface area contributed by atoms with Gasteiger partial charge < -0.3 is 4.74 Å². The molecule has 0 bridgehead atoms. The molecule has 0 saturated carbocycles. The third-order valence-corrected chi connectivity index (χ3v) is 7.44. The maximum Gasteiger partial charge on any atom is 0.260 e. The van der Waals surface area contributed by atoms with Crippen molar-refractivity contribution in [3.05, 3.63) is 54.1 Å². The monoisotopic (exact) mass is 495 g/mol. The molecular weight excluding hydrogens is 470 g/mol. The van der Waals surface area contributed by atoms with E-state index in [1.54, 1.807) is 17.0 Å². The van der Waals surface area contributed by atoms with Gasteiger partial charge in [-0.3, -0.25) is 14.6 Å². The molecule has 1 saturated heterocycles. The van der Waals surface area contributed by atoms with Crippen LogP contribution in [0.3, 0.4) is 0 Å². The predicted octanol–water partition coefficient (Wildman–Crippen LogP) is 3.49. The molecule has 1 aliphatic heterocycles. The molecule has 1 aromatic heterocycles. The lowest BCUT2D eigenvalue weighted by Gasteiger charge is -2.27. The van der Waals surface area contributed by atoms with Gasteiger partial charge in [-0.2, -0.15) is 0 Å². The number of rotatable bonds is 7. The van der Waals surface area contributed by atoms with E-state index in [2.05, 4.69) is 9.88 Å². The normalized spacial score (nSPS) is 14.8. The Kier molecular flexibility index (Phi) is 8.24. The topological polar surface area (TPSA) is 79.8 Å². The molecule has 7 nitrogen and oxygen atoms in total. The van der Waals surface area contributed by atoms with Crippen LogP contribution in [-0.2, 0) is 14.6 Å². The highest BCUT2D eigenvalue weighted by molar-refractivity contribution is 7.90. The van der Waals surface area contributed by atoms with Gasteiger partial charge in [0.1, 0.15) is 0 Å². The fourth-order valence-electron chi connectivity index (χ4n) is 3.54. The number of para-hydroxylation sites is 1. The van der Waals surface area contributed by atoms with Crippen LogP contribution in [0, 0.1) is 0 Å². The second kappa shape index (κ2) is 10.7. The number of ether oxygens (including phenoxy) is 1. The second-order valence-corrected chi connectivity index (χ2v) is 10.5. The average Bonchev–Trinajstić information content (AvgIpc) is 3.20.